The lowest BCUT2D eigenvalue weighted by molar-refractivity contribution is -0.165. The summed E-state index contributed by atoms with van der Waals surface area (Å²) in [6.45, 7) is 8.79. The Kier molecular flexibility index (Phi) is 2.64. The molecule has 16 heavy (non-hydrogen) atoms. The molecule has 4 heteroatoms. The van der Waals surface area contributed by atoms with Crippen LogP contribution in [0.25, 0.3) is 0 Å². The van der Waals surface area contributed by atoms with Crippen LogP contribution in [0.4, 0.5) is 0 Å². The third kappa shape index (κ3) is 1.90. The van der Waals surface area contributed by atoms with Gasteiger partial charge in [0.1, 0.15) is 18.3 Å². The molecule has 1 saturated heterocycles. The molecule has 1 aliphatic heterocycles. The third-order valence-electron chi connectivity index (χ3n) is 2.68. The molecule has 88 valence electrons. The first-order valence-electron chi connectivity index (χ1n) is 5.30. The Balaban J connectivity index is 2.20. The summed E-state index contributed by atoms with van der Waals surface area (Å²) in [5.74, 6) is -0.963. The minimum atomic E-state index is -0.643. The third-order valence-corrected chi connectivity index (χ3v) is 2.68. The number of carbonyl (C=O) groups is 1. The van der Waals surface area contributed by atoms with Crippen LogP contribution < -0.4 is 0 Å². The molecule has 3 atom stereocenters. The van der Waals surface area contributed by atoms with Crippen molar-refractivity contribution in [1.29, 1.82) is 0 Å². The summed E-state index contributed by atoms with van der Waals surface area (Å²) in [5.41, 5.74) is 0.918. The van der Waals surface area contributed by atoms with Crippen LogP contribution in [0.5, 0.6) is 0 Å². The highest BCUT2D eigenvalue weighted by Crippen LogP contribution is 2.39. The van der Waals surface area contributed by atoms with Crippen LogP contribution in [-0.2, 0) is 19.0 Å². The van der Waals surface area contributed by atoms with Crippen molar-refractivity contribution in [3.8, 4) is 0 Å². The molecular weight excluding hydrogens is 208 g/mol. The fourth-order valence-corrected chi connectivity index (χ4v) is 2.14. The number of hydrogen-bond donors (Lipinski definition) is 0. The highest BCUT2D eigenvalue weighted by molar-refractivity contribution is 5.66. The largest absolute Gasteiger partial charge is 0.455 e. The van der Waals surface area contributed by atoms with Crippen LogP contribution in [0.15, 0.2) is 24.3 Å². The van der Waals surface area contributed by atoms with E-state index in [9.17, 15) is 4.79 Å². The smallest absolute Gasteiger partial charge is 0.303 e. The second kappa shape index (κ2) is 3.71. The van der Waals surface area contributed by atoms with Gasteiger partial charge in [0.25, 0.3) is 0 Å². The van der Waals surface area contributed by atoms with E-state index in [1.807, 2.05) is 19.9 Å². The van der Waals surface area contributed by atoms with Gasteiger partial charge in [-0.3, -0.25) is 4.79 Å². The van der Waals surface area contributed by atoms with Gasteiger partial charge in [0.2, 0.25) is 0 Å². The predicted molar refractivity (Wildman–Crippen MR) is 57.7 cm³/mol. The van der Waals surface area contributed by atoms with Crippen molar-refractivity contribution in [2.45, 2.75) is 44.9 Å². The van der Waals surface area contributed by atoms with E-state index in [0.29, 0.717) is 0 Å². The van der Waals surface area contributed by atoms with Crippen LogP contribution in [-0.4, -0.2) is 30.1 Å². The molecule has 1 heterocycles. The van der Waals surface area contributed by atoms with Crippen molar-refractivity contribution >= 4 is 5.97 Å². The fraction of sp³-hybridized carbons (Fsp3) is 0.583. The summed E-state index contributed by atoms with van der Waals surface area (Å²) < 4.78 is 16.6. The molecule has 0 unspecified atom stereocenters. The van der Waals surface area contributed by atoms with E-state index in [-0.39, 0.29) is 24.3 Å². The summed E-state index contributed by atoms with van der Waals surface area (Å²) in [7, 11) is 0. The maximum Gasteiger partial charge on any atom is 0.303 e. The summed E-state index contributed by atoms with van der Waals surface area (Å²) in [6.07, 6.45) is 2.73. The van der Waals surface area contributed by atoms with Crippen molar-refractivity contribution in [1.82, 2.24) is 0 Å². The normalized spacial score (nSPS) is 35.4. The molecule has 0 bridgehead atoms. The number of carbonyl (C=O) groups excluding carboxylic acids is 1. The van der Waals surface area contributed by atoms with Crippen LogP contribution >= 0.6 is 0 Å². The van der Waals surface area contributed by atoms with Gasteiger partial charge >= 0.3 is 5.97 Å². The fourth-order valence-electron chi connectivity index (χ4n) is 2.14. The van der Waals surface area contributed by atoms with Gasteiger partial charge in [0.15, 0.2) is 5.79 Å². The van der Waals surface area contributed by atoms with Gasteiger partial charge in [-0.25, -0.2) is 0 Å². The van der Waals surface area contributed by atoms with E-state index in [0.717, 1.165) is 5.57 Å². The van der Waals surface area contributed by atoms with Gasteiger partial charge in [-0.1, -0.05) is 12.7 Å². The zero-order valence-corrected chi connectivity index (χ0v) is 9.73. The molecular formula is C12H16O4. The zero-order chi connectivity index (χ0) is 11.9. The molecule has 0 aromatic rings. The maximum absolute atomic E-state index is 11.0. The van der Waals surface area contributed by atoms with Gasteiger partial charge in [0, 0.05) is 6.92 Å². The first kappa shape index (κ1) is 11.4. The monoisotopic (exact) mass is 224 g/mol. The summed E-state index contributed by atoms with van der Waals surface area (Å²) >= 11 is 0. The molecule has 1 fully saturated rings. The highest BCUT2D eigenvalue weighted by atomic mass is 16.8. The molecule has 0 spiro atoms. The second-order valence-corrected chi connectivity index (χ2v) is 4.47. The van der Waals surface area contributed by atoms with Crippen LogP contribution in [0.2, 0.25) is 0 Å². The van der Waals surface area contributed by atoms with Crippen molar-refractivity contribution in [3.63, 3.8) is 0 Å². The number of fused-ring (bicyclic) bond motifs is 1. The molecule has 2 rings (SSSR count). The van der Waals surface area contributed by atoms with E-state index >= 15 is 0 Å². The Morgan fingerprint density at radius 3 is 2.81 bits per heavy atom. The maximum atomic E-state index is 11.0. The average Bonchev–Trinajstić information content (AvgIpc) is 2.60. The lowest BCUT2D eigenvalue weighted by Gasteiger charge is -2.20. The van der Waals surface area contributed by atoms with Crippen molar-refractivity contribution in [2.75, 3.05) is 0 Å². The Morgan fingerprint density at radius 2 is 2.25 bits per heavy atom. The van der Waals surface area contributed by atoms with Crippen molar-refractivity contribution in [3.05, 3.63) is 24.3 Å². The van der Waals surface area contributed by atoms with Crippen LogP contribution in [0.3, 0.4) is 0 Å². The number of rotatable bonds is 2. The molecule has 0 amide bonds. The van der Waals surface area contributed by atoms with E-state index in [1.54, 1.807) is 6.08 Å². The first-order chi connectivity index (χ1) is 7.43. The second-order valence-electron chi connectivity index (χ2n) is 4.47. The first-order valence-corrected chi connectivity index (χ1v) is 5.30. The summed E-state index contributed by atoms with van der Waals surface area (Å²) in [4.78, 5) is 11.0. The number of ether oxygens (including phenoxy) is 3. The van der Waals surface area contributed by atoms with E-state index in [2.05, 4.69) is 6.58 Å². The Morgan fingerprint density at radius 1 is 1.56 bits per heavy atom. The van der Waals surface area contributed by atoms with Gasteiger partial charge < -0.3 is 14.2 Å². The topological polar surface area (TPSA) is 44.8 Å². The van der Waals surface area contributed by atoms with Gasteiger partial charge in [-0.15, -0.1) is 0 Å². The van der Waals surface area contributed by atoms with Gasteiger partial charge in [-0.05, 0) is 25.5 Å². The molecule has 1 aliphatic carbocycles. The number of esters is 1. The molecule has 2 aliphatic rings. The average molecular weight is 224 g/mol. The minimum Gasteiger partial charge on any atom is -0.455 e. The molecule has 4 nitrogen and oxygen atoms in total. The SMILES string of the molecule is C=CC1=C[C@H](OC(C)=O)[C@@H]2OC(C)(C)O[C@H]12. The quantitative estimate of drug-likeness (QED) is 0.668. The molecule has 0 aromatic carbocycles. The van der Waals surface area contributed by atoms with Crippen molar-refractivity contribution < 1.29 is 19.0 Å². The predicted octanol–water partition coefficient (Wildman–Crippen LogP) is 1.56. The van der Waals surface area contributed by atoms with Gasteiger partial charge in [-0.2, -0.15) is 0 Å². The van der Waals surface area contributed by atoms with Crippen molar-refractivity contribution in [2.24, 2.45) is 0 Å². The standard InChI is InChI=1S/C12H16O4/c1-5-8-6-9(14-7(2)13)11-10(8)15-12(3,4)16-11/h5-6,9-11H,1H2,2-4H3/t9-,10+,11-/m0/s1. The number of hydrogen-bond acceptors (Lipinski definition) is 4. The molecule has 0 N–H and O–H groups in total. The Labute approximate surface area is 94.9 Å². The Bertz CT molecular complexity index is 356. The lowest BCUT2D eigenvalue weighted by atomic mass is 10.1. The van der Waals surface area contributed by atoms with Crippen LogP contribution in [0.1, 0.15) is 20.8 Å². The Hall–Kier alpha value is -1.13. The lowest BCUT2D eigenvalue weighted by Crippen LogP contribution is -2.32. The molecule has 0 saturated carbocycles. The zero-order valence-electron chi connectivity index (χ0n) is 9.73. The molecule has 0 aromatic heterocycles. The summed E-state index contributed by atoms with van der Waals surface area (Å²) in [6, 6.07) is 0. The molecule has 0 radical (unpaired) electrons. The van der Waals surface area contributed by atoms with Crippen LogP contribution in [0, 0.1) is 0 Å². The van der Waals surface area contributed by atoms with E-state index in [4.69, 9.17) is 14.2 Å². The van der Waals surface area contributed by atoms with Gasteiger partial charge in [0.05, 0.1) is 0 Å². The minimum absolute atomic E-state index is 0.183. The highest BCUT2D eigenvalue weighted by Gasteiger charge is 2.50. The van der Waals surface area contributed by atoms with E-state index < -0.39 is 5.79 Å². The summed E-state index contributed by atoms with van der Waals surface area (Å²) in [5, 5.41) is 0. The van der Waals surface area contributed by atoms with E-state index in [1.165, 1.54) is 6.92 Å².